The molecule has 1 aliphatic rings. The van der Waals surface area contributed by atoms with Crippen LogP contribution >= 0.6 is 22.6 Å². The smallest absolute Gasteiger partial charge is 0.363 e. The number of carbonyl (C=O) groups excluding carboxylic acids is 2. The number of esters is 2. The van der Waals surface area contributed by atoms with Gasteiger partial charge in [0.05, 0.1) is 13.2 Å². The standard InChI is InChI=1S/C23H22INO6/c1-4-28-20-12-15(6-9-19(20)30-13-21(26)29-5-2)11-18-23(27)31-22(25-18)16-7-8-17(24)14(3)10-16/h6-12H,4-5,13H2,1-3H3/b18-11-. The van der Waals surface area contributed by atoms with E-state index >= 15 is 0 Å². The second-order valence-corrected chi connectivity index (χ2v) is 7.70. The van der Waals surface area contributed by atoms with Crippen LogP contribution in [0.2, 0.25) is 0 Å². The number of carbonyl (C=O) groups is 2. The number of hydrogen-bond acceptors (Lipinski definition) is 7. The molecular formula is C23H22INO6. The molecule has 3 rings (SSSR count). The van der Waals surface area contributed by atoms with E-state index in [4.69, 9.17) is 18.9 Å². The van der Waals surface area contributed by atoms with Gasteiger partial charge in [-0.3, -0.25) is 0 Å². The number of aliphatic imine (C=N–C) groups is 1. The Morgan fingerprint density at radius 2 is 1.90 bits per heavy atom. The molecule has 0 amide bonds. The van der Waals surface area contributed by atoms with Crippen molar-refractivity contribution in [2.75, 3.05) is 19.8 Å². The summed E-state index contributed by atoms with van der Waals surface area (Å²) >= 11 is 2.25. The Morgan fingerprint density at radius 1 is 1.10 bits per heavy atom. The number of aryl methyl sites for hydroxylation is 1. The summed E-state index contributed by atoms with van der Waals surface area (Å²) in [4.78, 5) is 28.2. The molecular weight excluding hydrogens is 513 g/mol. The van der Waals surface area contributed by atoms with Crippen molar-refractivity contribution in [3.8, 4) is 11.5 Å². The van der Waals surface area contributed by atoms with Crippen molar-refractivity contribution in [2.45, 2.75) is 20.8 Å². The first-order valence-corrected chi connectivity index (χ1v) is 10.8. The van der Waals surface area contributed by atoms with Gasteiger partial charge in [0.25, 0.3) is 0 Å². The fraction of sp³-hybridized carbons (Fsp3) is 0.261. The number of hydrogen-bond donors (Lipinski definition) is 0. The highest BCUT2D eigenvalue weighted by atomic mass is 127. The minimum Gasteiger partial charge on any atom is -0.490 e. The molecule has 0 bridgehead atoms. The van der Waals surface area contributed by atoms with Gasteiger partial charge in [-0.25, -0.2) is 14.6 Å². The maximum Gasteiger partial charge on any atom is 0.363 e. The molecule has 0 spiro atoms. The molecule has 0 unspecified atom stereocenters. The zero-order chi connectivity index (χ0) is 22.4. The quantitative estimate of drug-likeness (QED) is 0.285. The highest BCUT2D eigenvalue weighted by Gasteiger charge is 2.24. The average molecular weight is 535 g/mol. The van der Waals surface area contributed by atoms with Gasteiger partial charge in [-0.1, -0.05) is 6.07 Å². The highest BCUT2D eigenvalue weighted by molar-refractivity contribution is 14.1. The van der Waals surface area contributed by atoms with Crippen LogP contribution in [0.4, 0.5) is 0 Å². The van der Waals surface area contributed by atoms with Crippen molar-refractivity contribution in [3.63, 3.8) is 0 Å². The summed E-state index contributed by atoms with van der Waals surface area (Å²) < 4.78 is 22.5. The van der Waals surface area contributed by atoms with E-state index in [1.807, 2.05) is 32.0 Å². The van der Waals surface area contributed by atoms with Crippen LogP contribution in [0.1, 0.15) is 30.5 Å². The zero-order valence-corrected chi connectivity index (χ0v) is 19.6. The normalized spacial score (nSPS) is 14.3. The van der Waals surface area contributed by atoms with Gasteiger partial charge in [0.2, 0.25) is 5.90 Å². The van der Waals surface area contributed by atoms with Gasteiger partial charge in [-0.15, -0.1) is 0 Å². The summed E-state index contributed by atoms with van der Waals surface area (Å²) in [5.74, 6) is 0.147. The molecule has 0 saturated carbocycles. The number of nitrogens with zero attached hydrogens (tertiary/aromatic N) is 1. The maximum absolute atomic E-state index is 12.3. The molecule has 0 atom stereocenters. The third-order valence-electron chi connectivity index (χ3n) is 4.25. The van der Waals surface area contributed by atoms with Crippen LogP contribution in [0.5, 0.6) is 11.5 Å². The van der Waals surface area contributed by atoms with E-state index in [9.17, 15) is 9.59 Å². The van der Waals surface area contributed by atoms with Crippen molar-refractivity contribution >= 4 is 46.5 Å². The first-order chi connectivity index (χ1) is 14.9. The van der Waals surface area contributed by atoms with E-state index < -0.39 is 11.9 Å². The van der Waals surface area contributed by atoms with Crippen molar-refractivity contribution < 1.29 is 28.5 Å². The predicted molar refractivity (Wildman–Crippen MR) is 124 cm³/mol. The zero-order valence-electron chi connectivity index (χ0n) is 17.4. The van der Waals surface area contributed by atoms with E-state index in [0.717, 1.165) is 14.7 Å². The molecule has 0 fully saturated rings. The van der Waals surface area contributed by atoms with E-state index in [1.165, 1.54) is 0 Å². The summed E-state index contributed by atoms with van der Waals surface area (Å²) in [6, 6.07) is 10.9. The number of halogens is 1. The van der Waals surface area contributed by atoms with Crippen LogP contribution < -0.4 is 9.47 Å². The van der Waals surface area contributed by atoms with Crippen LogP contribution in [0.15, 0.2) is 47.1 Å². The van der Waals surface area contributed by atoms with Gasteiger partial charge in [0.1, 0.15) is 0 Å². The van der Waals surface area contributed by atoms with Gasteiger partial charge < -0.3 is 18.9 Å². The van der Waals surface area contributed by atoms with Gasteiger partial charge in [0.15, 0.2) is 23.8 Å². The second-order valence-electron chi connectivity index (χ2n) is 6.53. The lowest BCUT2D eigenvalue weighted by molar-refractivity contribution is -0.145. The van der Waals surface area contributed by atoms with Crippen molar-refractivity contribution in [1.29, 1.82) is 0 Å². The predicted octanol–water partition coefficient (Wildman–Crippen LogP) is 4.28. The summed E-state index contributed by atoms with van der Waals surface area (Å²) in [7, 11) is 0. The number of benzene rings is 2. The van der Waals surface area contributed by atoms with Crippen LogP contribution in [0.25, 0.3) is 6.08 Å². The second kappa shape index (κ2) is 10.4. The SMILES string of the molecule is CCOC(=O)COc1ccc(/C=C2\N=C(c3ccc(I)c(C)c3)OC2=O)cc1OCC. The minimum absolute atomic E-state index is 0.189. The molecule has 162 valence electrons. The molecule has 8 heteroatoms. The van der Waals surface area contributed by atoms with Crippen LogP contribution in [-0.2, 0) is 19.1 Å². The Kier molecular flexibility index (Phi) is 7.67. The number of cyclic esters (lactones) is 1. The molecule has 1 heterocycles. The van der Waals surface area contributed by atoms with Crippen molar-refractivity contribution in [3.05, 3.63) is 62.4 Å². The van der Waals surface area contributed by atoms with Gasteiger partial charge in [0, 0.05) is 9.13 Å². The summed E-state index contributed by atoms with van der Waals surface area (Å²) in [6.07, 6.45) is 1.62. The molecule has 2 aromatic rings. The van der Waals surface area contributed by atoms with Gasteiger partial charge >= 0.3 is 11.9 Å². The first kappa shape index (κ1) is 22.8. The summed E-state index contributed by atoms with van der Waals surface area (Å²) in [6.45, 7) is 6.03. The summed E-state index contributed by atoms with van der Waals surface area (Å²) in [5.41, 5.74) is 2.69. The lowest BCUT2D eigenvalue weighted by Crippen LogP contribution is -2.15. The third-order valence-corrected chi connectivity index (χ3v) is 5.46. The summed E-state index contributed by atoms with van der Waals surface area (Å²) in [5, 5.41) is 0. The topological polar surface area (TPSA) is 83.4 Å². The van der Waals surface area contributed by atoms with Crippen LogP contribution in [0, 0.1) is 10.5 Å². The van der Waals surface area contributed by atoms with E-state index in [1.54, 1.807) is 31.2 Å². The molecule has 0 aliphatic carbocycles. The average Bonchev–Trinajstić information content (AvgIpc) is 3.10. The Bertz CT molecular complexity index is 1060. The lowest BCUT2D eigenvalue weighted by atomic mass is 10.1. The van der Waals surface area contributed by atoms with E-state index in [-0.39, 0.29) is 24.8 Å². The number of rotatable bonds is 8. The van der Waals surface area contributed by atoms with Crippen molar-refractivity contribution in [1.82, 2.24) is 0 Å². The molecule has 2 aromatic carbocycles. The Morgan fingerprint density at radius 3 is 2.61 bits per heavy atom. The van der Waals surface area contributed by atoms with Gasteiger partial charge in [-0.05, 0) is 90.9 Å². The highest BCUT2D eigenvalue weighted by Crippen LogP contribution is 2.30. The lowest BCUT2D eigenvalue weighted by Gasteiger charge is -2.12. The van der Waals surface area contributed by atoms with E-state index in [0.29, 0.717) is 23.7 Å². The Labute approximate surface area is 194 Å². The van der Waals surface area contributed by atoms with Crippen LogP contribution in [-0.4, -0.2) is 37.7 Å². The van der Waals surface area contributed by atoms with Crippen molar-refractivity contribution in [2.24, 2.45) is 4.99 Å². The third kappa shape index (κ3) is 5.84. The minimum atomic E-state index is -0.521. The largest absolute Gasteiger partial charge is 0.490 e. The van der Waals surface area contributed by atoms with Gasteiger partial charge in [-0.2, -0.15) is 0 Å². The molecule has 7 nitrogen and oxygen atoms in total. The maximum atomic E-state index is 12.3. The Hall–Kier alpha value is -2.88. The van der Waals surface area contributed by atoms with E-state index in [2.05, 4.69) is 27.6 Å². The first-order valence-electron chi connectivity index (χ1n) is 9.75. The molecule has 0 saturated heterocycles. The molecule has 0 N–H and O–H groups in total. The Balaban J connectivity index is 1.83. The molecule has 0 radical (unpaired) electrons. The number of ether oxygens (including phenoxy) is 4. The molecule has 1 aliphatic heterocycles. The monoisotopic (exact) mass is 535 g/mol. The fourth-order valence-electron chi connectivity index (χ4n) is 2.81. The van der Waals surface area contributed by atoms with Crippen LogP contribution in [0.3, 0.4) is 0 Å². The molecule has 31 heavy (non-hydrogen) atoms. The fourth-order valence-corrected chi connectivity index (χ4v) is 3.15. The molecule has 0 aromatic heterocycles.